The predicted octanol–water partition coefficient (Wildman–Crippen LogP) is 6.93. The van der Waals surface area contributed by atoms with E-state index in [9.17, 15) is 0 Å². The van der Waals surface area contributed by atoms with E-state index in [2.05, 4.69) is 102 Å². The van der Waals surface area contributed by atoms with E-state index in [4.69, 9.17) is 0 Å². The molecule has 0 saturated carbocycles. The molecule has 1 nitrogen and oxygen atoms in total. The molecule has 0 aliphatic rings. The Morgan fingerprint density at radius 2 is 1.60 bits per heavy atom. The van der Waals surface area contributed by atoms with Crippen LogP contribution in [-0.2, 0) is 0 Å². The van der Waals surface area contributed by atoms with Gasteiger partial charge in [0.15, 0.2) is 0 Å². The summed E-state index contributed by atoms with van der Waals surface area (Å²) in [6, 6.07) is 15.0. The highest BCUT2D eigenvalue weighted by atomic mass is 79.9. The van der Waals surface area contributed by atoms with Crippen LogP contribution in [0.3, 0.4) is 0 Å². The molecule has 4 heteroatoms. The van der Waals surface area contributed by atoms with Gasteiger partial charge >= 0.3 is 0 Å². The average molecular weight is 462 g/mol. The molecule has 0 fully saturated rings. The third-order valence-electron chi connectivity index (χ3n) is 3.10. The Balaban J connectivity index is 2.30. The molecule has 0 aromatic heterocycles. The second-order valence-electron chi connectivity index (χ2n) is 4.64. The zero-order chi connectivity index (χ0) is 14.5. The Morgan fingerprint density at radius 1 is 1.00 bits per heavy atom. The van der Waals surface area contributed by atoms with Crippen LogP contribution in [0.15, 0.2) is 55.9 Å². The fourth-order valence-corrected chi connectivity index (χ4v) is 4.64. The van der Waals surface area contributed by atoms with Gasteiger partial charge in [0.05, 0.1) is 11.7 Å². The lowest BCUT2D eigenvalue weighted by molar-refractivity contribution is 0.677. The Morgan fingerprint density at radius 3 is 2.15 bits per heavy atom. The maximum absolute atomic E-state index is 3.65. The van der Waals surface area contributed by atoms with Gasteiger partial charge < -0.3 is 5.32 Å². The van der Waals surface area contributed by atoms with Crippen LogP contribution in [0, 0.1) is 0 Å². The Labute approximate surface area is 145 Å². The molecule has 0 amide bonds. The van der Waals surface area contributed by atoms with E-state index in [1.54, 1.807) is 0 Å². The van der Waals surface area contributed by atoms with E-state index in [0.717, 1.165) is 31.9 Å². The minimum atomic E-state index is 0.315. The van der Waals surface area contributed by atoms with E-state index in [1.807, 2.05) is 0 Å². The predicted molar refractivity (Wildman–Crippen MR) is 97.3 cm³/mol. The van der Waals surface area contributed by atoms with Crippen molar-refractivity contribution in [1.82, 2.24) is 0 Å². The molecule has 2 aromatic rings. The summed E-state index contributed by atoms with van der Waals surface area (Å²) < 4.78 is 3.15. The lowest BCUT2D eigenvalue weighted by atomic mass is 10.0. The molecule has 0 aliphatic carbocycles. The average Bonchev–Trinajstić information content (AvgIpc) is 2.42. The summed E-state index contributed by atoms with van der Waals surface area (Å²) in [4.78, 5) is 0. The van der Waals surface area contributed by atoms with E-state index >= 15 is 0 Å². The largest absolute Gasteiger partial charge is 0.376 e. The van der Waals surface area contributed by atoms with Gasteiger partial charge in [-0.3, -0.25) is 0 Å². The summed E-state index contributed by atoms with van der Waals surface area (Å²) in [5.74, 6) is 0. The van der Waals surface area contributed by atoms with Crippen molar-refractivity contribution in [2.45, 2.75) is 25.8 Å². The maximum Gasteiger partial charge on any atom is 0.0634 e. The Hall–Kier alpha value is -0.320. The number of nitrogens with one attached hydrogen (secondary N) is 1. The molecule has 2 aromatic carbocycles. The second-order valence-corrected chi connectivity index (χ2v) is 7.27. The van der Waals surface area contributed by atoms with Crippen LogP contribution < -0.4 is 5.32 Å². The summed E-state index contributed by atoms with van der Waals surface area (Å²) in [5, 5.41) is 3.65. The van der Waals surface area contributed by atoms with Crippen LogP contribution >= 0.6 is 47.8 Å². The van der Waals surface area contributed by atoms with Crippen LogP contribution in [-0.4, -0.2) is 0 Å². The number of benzene rings is 2. The van der Waals surface area contributed by atoms with E-state index < -0.39 is 0 Å². The van der Waals surface area contributed by atoms with Crippen molar-refractivity contribution >= 4 is 53.5 Å². The topological polar surface area (TPSA) is 12.0 Å². The summed E-state index contributed by atoms with van der Waals surface area (Å²) >= 11 is 10.8. The van der Waals surface area contributed by atoms with E-state index in [-0.39, 0.29) is 0 Å². The molecule has 2 rings (SSSR count). The monoisotopic (exact) mass is 459 g/mol. The van der Waals surface area contributed by atoms with Gasteiger partial charge in [0.2, 0.25) is 0 Å². The van der Waals surface area contributed by atoms with Crippen molar-refractivity contribution in [1.29, 1.82) is 0 Å². The molecular formula is C16H16Br3N. The number of rotatable bonds is 5. The molecule has 0 spiro atoms. The molecule has 1 atom stereocenters. The fourth-order valence-electron chi connectivity index (χ4n) is 2.15. The third kappa shape index (κ3) is 4.09. The van der Waals surface area contributed by atoms with Crippen LogP contribution in [0.5, 0.6) is 0 Å². The van der Waals surface area contributed by atoms with Gasteiger partial charge in [0, 0.05) is 13.4 Å². The van der Waals surface area contributed by atoms with Crippen molar-refractivity contribution in [3.05, 3.63) is 61.4 Å². The summed E-state index contributed by atoms with van der Waals surface area (Å²) in [7, 11) is 0. The highest BCUT2D eigenvalue weighted by Gasteiger charge is 2.14. The Bertz CT molecular complexity index is 546. The minimum absolute atomic E-state index is 0.315. The first kappa shape index (κ1) is 16.1. The van der Waals surface area contributed by atoms with Crippen LogP contribution in [0.25, 0.3) is 0 Å². The van der Waals surface area contributed by atoms with Crippen molar-refractivity contribution in [3.63, 3.8) is 0 Å². The maximum atomic E-state index is 3.65. The van der Waals surface area contributed by atoms with Crippen molar-refractivity contribution in [2.75, 3.05) is 5.32 Å². The number of hydrogen-bond acceptors (Lipinski definition) is 1. The lowest BCUT2D eigenvalue weighted by Gasteiger charge is -2.22. The highest BCUT2D eigenvalue weighted by Crippen LogP contribution is 2.37. The first-order chi connectivity index (χ1) is 9.61. The number of halogens is 3. The molecule has 1 unspecified atom stereocenters. The molecule has 20 heavy (non-hydrogen) atoms. The lowest BCUT2D eigenvalue weighted by Crippen LogP contribution is -2.11. The van der Waals surface area contributed by atoms with Gasteiger partial charge in [-0.15, -0.1) is 0 Å². The standard InChI is InChI=1S/C16H16Br3N/c1-2-6-15(11-7-4-3-5-8-11)20-16-13(18)9-12(17)10-14(16)19/h3-5,7-10,15,20H,2,6H2,1H3. The third-order valence-corrected chi connectivity index (χ3v) is 4.81. The first-order valence-electron chi connectivity index (χ1n) is 6.58. The molecule has 0 radical (unpaired) electrons. The van der Waals surface area contributed by atoms with Crippen molar-refractivity contribution in [3.8, 4) is 0 Å². The SMILES string of the molecule is CCCC(Nc1c(Br)cc(Br)cc1Br)c1ccccc1. The smallest absolute Gasteiger partial charge is 0.0634 e. The first-order valence-corrected chi connectivity index (χ1v) is 8.95. The molecular weight excluding hydrogens is 446 g/mol. The fraction of sp³-hybridized carbons (Fsp3) is 0.250. The number of hydrogen-bond donors (Lipinski definition) is 1. The minimum Gasteiger partial charge on any atom is -0.376 e. The van der Waals surface area contributed by atoms with Crippen molar-refractivity contribution < 1.29 is 0 Å². The molecule has 1 N–H and O–H groups in total. The quantitative estimate of drug-likeness (QED) is 0.509. The van der Waals surface area contributed by atoms with Gasteiger partial charge in [-0.05, 0) is 56.0 Å². The van der Waals surface area contributed by atoms with Gasteiger partial charge in [0.1, 0.15) is 0 Å². The van der Waals surface area contributed by atoms with Crippen LogP contribution in [0.1, 0.15) is 31.4 Å². The zero-order valence-corrected chi connectivity index (χ0v) is 15.9. The van der Waals surface area contributed by atoms with Crippen LogP contribution in [0.4, 0.5) is 5.69 Å². The molecule has 0 aliphatic heterocycles. The van der Waals surface area contributed by atoms with Crippen LogP contribution in [0.2, 0.25) is 0 Å². The molecule has 0 bridgehead atoms. The van der Waals surface area contributed by atoms with Gasteiger partial charge in [-0.25, -0.2) is 0 Å². The van der Waals surface area contributed by atoms with E-state index in [0.29, 0.717) is 6.04 Å². The molecule has 106 valence electrons. The summed E-state index contributed by atoms with van der Waals surface area (Å²) in [5.41, 5.74) is 2.41. The van der Waals surface area contributed by atoms with E-state index in [1.165, 1.54) is 5.56 Å². The highest BCUT2D eigenvalue weighted by molar-refractivity contribution is 9.11. The Kier molecular flexibility index (Phi) is 6.12. The second kappa shape index (κ2) is 7.62. The van der Waals surface area contributed by atoms with Gasteiger partial charge in [-0.2, -0.15) is 0 Å². The zero-order valence-electron chi connectivity index (χ0n) is 11.2. The van der Waals surface area contributed by atoms with Gasteiger partial charge in [0.25, 0.3) is 0 Å². The van der Waals surface area contributed by atoms with Gasteiger partial charge in [-0.1, -0.05) is 59.6 Å². The molecule has 0 heterocycles. The summed E-state index contributed by atoms with van der Waals surface area (Å²) in [6.45, 7) is 2.21. The number of anilines is 1. The normalized spacial score (nSPS) is 12.2. The summed E-state index contributed by atoms with van der Waals surface area (Å²) in [6.07, 6.45) is 2.23. The molecule has 0 saturated heterocycles. The van der Waals surface area contributed by atoms with Crippen molar-refractivity contribution in [2.24, 2.45) is 0 Å².